The van der Waals surface area contributed by atoms with Crippen LogP contribution < -0.4 is 4.72 Å². The summed E-state index contributed by atoms with van der Waals surface area (Å²) < 4.78 is 28.7. The summed E-state index contributed by atoms with van der Waals surface area (Å²) in [6, 6.07) is 5.28. The van der Waals surface area contributed by atoms with Gasteiger partial charge in [-0.15, -0.1) is 0 Å². The summed E-state index contributed by atoms with van der Waals surface area (Å²) >= 11 is 3.38. The summed E-state index contributed by atoms with van der Waals surface area (Å²) in [7, 11) is 0.494. The number of sulfonamides is 1. The SMILES string of the molecule is CCc1cc(Br)ccc1S(=O)(=O)NCC(C)(C)CN(C)C. The van der Waals surface area contributed by atoms with E-state index < -0.39 is 10.0 Å². The number of rotatable bonds is 7. The van der Waals surface area contributed by atoms with Gasteiger partial charge in [0.2, 0.25) is 10.0 Å². The normalized spacial score (nSPS) is 12.9. The molecule has 0 aliphatic rings. The largest absolute Gasteiger partial charge is 0.309 e. The van der Waals surface area contributed by atoms with Gasteiger partial charge in [0.25, 0.3) is 0 Å². The van der Waals surface area contributed by atoms with Gasteiger partial charge in [0.15, 0.2) is 0 Å². The first-order valence-electron chi connectivity index (χ1n) is 7.00. The molecule has 21 heavy (non-hydrogen) atoms. The molecule has 0 aromatic heterocycles. The van der Waals surface area contributed by atoms with E-state index in [2.05, 4.69) is 39.4 Å². The highest BCUT2D eigenvalue weighted by Crippen LogP contribution is 2.22. The lowest BCUT2D eigenvalue weighted by atomic mass is 9.93. The molecular weight excluding hydrogens is 352 g/mol. The van der Waals surface area contributed by atoms with E-state index in [0.29, 0.717) is 17.9 Å². The van der Waals surface area contributed by atoms with E-state index in [1.54, 1.807) is 12.1 Å². The van der Waals surface area contributed by atoms with Crippen molar-refractivity contribution in [3.63, 3.8) is 0 Å². The average Bonchev–Trinajstić information content (AvgIpc) is 2.34. The van der Waals surface area contributed by atoms with Crippen molar-refractivity contribution in [2.24, 2.45) is 5.41 Å². The van der Waals surface area contributed by atoms with Crippen LogP contribution in [0.5, 0.6) is 0 Å². The van der Waals surface area contributed by atoms with Gasteiger partial charge in [-0.3, -0.25) is 0 Å². The summed E-state index contributed by atoms with van der Waals surface area (Å²) in [5, 5.41) is 0. The molecule has 1 rings (SSSR count). The van der Waals surface area contributed by atoms with Crippen molar-refractivity contribution in [3.05, 3.63) is 28.2 Å². The lowest BCUT2D eigenvalue weighted by Crippen LogP contribution is -2.40. The predicted octanol–water partition coefficient (Wildman–Crippen LogP) is 2.88. The topological polar surface area (TPSA) is 49.4 Å². The van der Waals surface area contributed by atoms with Crippen molar-refractivity contribution >= 4 is 26.0 Å². The van der Waals surface area contributed by atoms with Gasteiger partial charge in [-0.1, -0.05) is 36.7 Å². The second-order valence-electron chi connectivity index (χ2n) is 6.33. The fourth-order valence-corrected chi connectivity index (χ4v) is 4.31. The fourth-order valence-electron chi connectivity index (χ4n) is 2.37. The Morgan fingerprint density at radius 2 is 1.90 bits per heavy atom. The van der Waals surface area contributed by atoms with Gasteiger partial charge in [-0.2, -0.15) is 0 Å². The van der Waals surface area contributed by atoms with E-state index in [0.717, 1.165) is 16.6 Å². The van der Waals surface area contributed by atoms with Crippen molar-refractivity contribution in [3.8, 4) is 0 Å². The van der Waals surface area contributed by atoms with Gasteiger partial charge in [0.05, 0.1) is 4.90 Å². The van der Waals surface area contributed by atoms with Crippen molar-refractivity contribution in [1.29, 1.82) is 0 Å². The number of aryl methyl sites for hydroxylation is 1. The van der Waals surface area contributed by atoms with E-state index in [4.69, 9.17) is 0 Å². The van der Waals surface area contributed by atoms with Crippen LogP contribution in [0.15, 0.2) is 27.6 Å². The Morgan fingerprint density at radius 3 is 2.43 bits per heavy atom. The minimum Gasteiger partial charge on any atom is -0.309 e. The zero-order valence-electron chi connectivity index (χ0n) is 13.4. The number of hydrogen-bond donors (Lipinski definition) is 1. The molecule has 6 heteroatoms. The van der Waals surface area contributed by atoms with Gasteiger partial charge in [0.1, 0.15) is 0 Å². The summed E-state index contributed by atoms with van der Waals surface area (Å²) in [6.45, 7) is 7.29. The molecule has 120 valence electrons. The predicted molar refractivity (Wildman–Crippen MR) is 91.0 cm³/mol. The van der Waals surface area contributed by atoms with Gasteiger partial charge < -0.3 is 4.90 Å². The first-order valence-corrected chi connectivity index (χ1v) is 9.28. The van der Waals surface area contributed by atoms with Crippen LogP contribution in [0.1, 0.15) is 26.3 Å². The van der Waals surface area contributed by atoms with E-state index in [-0.39, 0.29) is 5.41 Å². The Morgan fingerprint density at radius 1 is 1.29 bits per heavy atom. The number of nitrogens with zero attached hydrogens (tertiary/aromatic N) is 1. The maximum Gasteiger partial charge on any atom is 0.240 e. The van der Waals surface area contributed by atoms with E-state index in [9.17, 15) is 8.42 Å². The van der Waals surface area contributed by atoms with Crippen LogP contribution >= 0.6 is 15.9 Å². The molecule has 0 spiro atoms. The maximum absolute atomic E-state index is 12.5. The molecule has 0 amide bonds. The van der Waals surface area contributed by atoms with Crippen LogP contribution in [0, 0.1) is 5.41 Å². The third kappa shape index (κ3) is 5.70. The third-order valence-electron chi connectivity index (χ3n) is 3.18. The Bertz CT molecular complexity index is 583. The number of hydrogen-bond acceptors (Lipinski definition) is 3. The Kier molecular flexibility index (Phi) is 6.40. The molecular formula is C15H25BrN2O2S. The van der Waals surface area contributed by atoms with Gasteiger partial charge in [0, 0.05) is 17.6 Å². The number of halogens is 1. The first-order chi connectivity index (χ1) is 9.57. The van der Waals surface area contributed by atoms with Crippen molar-refractivity contribution in [1.82, 2.24) is 9.62 Å². The minimum absolute atomic E-state index is 0.127. The highest BCUT2D eigenvalue weighted by molar-refractivity contribution is 9.10. The van der Waals surface area contributed by atoms with Gasteiger partial charge in [-0.25, -0.2) is 13.1 Å². The average molecular weight is 377 g/mol. The van der Waals surface area contributed by atoms with E-state index >= 15 is 0 Å². The molecule has 0 atom stereocenters. The Labute approximate surface area is 137 Å². The number of benzene rings is 1. The van der Waals surface area contributed by atoms with Crippen LogP contribution in [-0.4, -0.2) is 40.5 Å². The van der Waals surface area contributed by atoms with Crippen molar-refractivity contribution < 1.29 is 8.42 Å². The summed E-state index contributed by atoms with van der Waals surface area (Å²) in [4.78, 5) is 2.43. The molecule has 0 bridgehead atoms. The second kappa shape index (κ2) is 7.22. The van der Waals surface area contributed by atoms with E-state index in [1.807, 2.05) is 27.1 Å². The zero-order chi connectivity index (χ0) is 16.3. The van der Waals surface area contributed by atoms with Crippen LogP contribution in [-0.2, 0) is 16.4 Å². The zero-order valence-corrected chi connectivity index (χ0v) is 15.8. The van der Waals surface area contributed by atoms with Crippen LogP contribution in [0.2, 0.25) is 0 Å². The molecule has 0 saturated carbocycles. The minimum atomic E-state index is -3.48. The lowest BCUT2D eigenvalue weighted by molar-refractivity contribution is 0.242. The van der Waals surface area contributed by atoms with Crippen molar-refractivity contribution in [2.75, 3.05) is 27.2 Å². The fraction of sp³-hybridized carbons (Fsp3) is 0.600. The molecule has 0 aliphatic carbocycles. The number of nitrogens with one attached hydrogen (secondary N) is 1. The monoisotopic (exact) mass is 376 g/mol. The van der Waals surface area contributed by atoms with Crippen LogP contribution in [0.25, 0.3) is 0 Å². The maximum atomic E-state index is 12.5. The van der Waals surface area contributed by atoms with E-state index in [1.165, 1.54) is 0 Å². The highest BCUT2D eigenvalue weighted by Gasteiger charge is 2.24. The molecule has 4 nitrogen and oxygen atoms in total. The summed E-state index contributed by atoms with van der Waals surface area (Å²) in [5.74, 6) is 0. The Hall–Kier alpha value is -0.430. The molecule has 0 fully saturated rings. The Balaban J connectivity index is 2.93. The quantitative estimate of drug-likeness (QED) is 0.795. The molecule has 0 saturated heterocycles. The van der Waals surface area contributed by atoms with Gasteiger partial charge in [-0.05, 0) is 49.7 Å². The summed E-state index contributed by atoms with van der Waals surface area (Å²) in [6.07, 6.45) is 0.677. The van der Waals surface area contributed by atoms with Crippen molar-refractivity contribution in [2.45, 2.75) is 32.1 Å². The lowest BCUT2D eigenvalue weighted by Gasteiger charge is -2.28. The van der Waals surface area contributed by atoms with Crippen LogP contribution in [0.4, 0.5) is 0 Å². The molecule has 0 radical (unpaired) electrons. The molecule has 0 unspecified atom stereocenters. The molecule has 1 aromatic carbocycles. The molecule has 1 aromatic rings. The smallest absolute Gasteiger partial charge is 0.240 e. The third-order valence-corrected chi connectivity index (χ3v) is 5.17. The van der Waals surface area contributed by atoms with Crippen LogP contribution in [0.3, 0.4) is 0 Å². The molecule has 1 N–H and O–H groups in total. The first kappa shape index (κ1) is 18.6. The summed E-state index contributed by atoms with van der Waals surface area (Å²) in [5.41, 5.74) is 0.695. The highest BCUT2D eigenvalue weighted by atomic mass is 79.9. The standard InChI is InChI=1S/C15H25BrN2O2S/c1-6-12-9-13(16)7-8-14(12)21(19,20)17-10-15(2,3)11-18(4)5/h7-9,17H,6,10-11H2,1-5H3. The van der Waals surface area contributed by atoms with Gasteiger partial charge >= 0.3 is 0 Å². The molecule has 0 aliphatic heterocycles. The molecule has 0 heterocycles. The second-order valence-corrected chi connectivity index (χ2v) is 8.98.